The number of fused-ring (bicyclic) bond motifs is 3. The van der Waals surface area contributed by atoms with E-state index in [0.717, 1.165) is 9.81 Å². The van der Waals surface area contributed by atoms with Gasteiger partial charge in [-0.05, 0) is 67.5 Å². The maximum absolute atomic E-state index is 6.49. The van der Waals surface area contributed by atoms with E-state index >= 15 is 0 Å². The Morgan fingerprint density at radius 3 is 1.22 bits per heavy atom. The molecule has 0 aliphatic carbocycles. The summed E-state index contributed by atoms with van der Waals surface area (Å²) in [6, 6.07) is 2.41. The van der Waals surface area contributed by atoms with Crippen LogP contribution in [0.1, 0.15) is 121 Å². The molecule has 0 amide bonds. The molecule has 41 heavy (non-hydrogen) atoms. The maximum Gasteiger partial charge on any atom is 0.525 e. The van der Waals surface area contributed by atoms with Gasteiger partial charge in [0, 0.05) is 0 Å². The van der Waals surface area contributed by atoms with Crippen LogP contribution in [0.25, 0.3) is 9.75 Å². The molecule has 2 aromatic rings. The van der Waals surface area contributed by atoms with Crippen molar-refractivity contribution in [1.82, 2.24) is 9.97 Å². The van der Waals surface area contributed by atoms with Crippen LogP contribution in [0, 0.1) is 0 Å². The van der Waals surface area contributed by atoms with Crippen molar-refractivity contribution in [3.05, 3.63) is 0 Å². The zero-order valence-electron chi connectivity index (χ0n) is 27.1. The summed E-state index contributed by atoms with van der Waals surface area (Å²) in [5.41, 5.74) is -1.55. The summed E-state index contributed by atoms with van der Waals surface area (Å²) in [5.74, 6) is 0. The molecule has 0 saturated carbocycles. The fraction of sp³-hybridized carbons (Fsp3) is 0.800. The zero-order valence-corrected chi connectivity index (χ0v) is 29.7. The van der Waals surface area contributed by atoms with Crippen LogP contribution in [0.5, 0.6) is 0 Å². The Hall–Kier alpha value is -0.553. The Morgan fingerprint density at radius 2 is 0.902 bits per heavy atom. The van der Waals surface area contributed by atoms with Crippen molar-refractivity contribution in [1.29, 1.82) is 0 Å². The lowest BCUT2D eigenvalue weighted by molar-refractivity contribution is 0.00578. The van der Waals surface area contributed by atoms with E-state index in [1.165, 1.54) is 83.8 Å². The molecule has 0 radical (unpaired) electrons. The van der Waals surface area contributed by atoms with Crippen molar-refractivity contribution in [2.24, 2.45) is 0 Å². The van der Waals surface area contributed by atoms with E-state index in [-0.39, 0.29) is 22.4 Å². The molecule has 226 valence electrons. The highest BCUT2D eigenvalue weighted by Crippen LogP contribution is 2.42. The van der Waals surface area contributed by atoms with Crippen LogP contribution in [0.15, 0.2) is 0 Å². The van der Waals surface area contributed by atoms with Crippen molar-refractivity contribution < 1.29 is 18.6 Å². The van der Waals surface area contributed by atoms with Gasteiger partial charge in [-0.15, -0.1) is 22.7 Å². The van der Waals surface area contributed by atoms with Crippen LogP contribution >= 0.6 is 22.7 Å². The summed E-state index contributed by atoms with van der Waals surface area (Å²) in [6.07, 6.45) is 10.1. The molecule has 2 saturated heterocycles. The van der Waals surface area contributed by atoms with Crippen molar-refractivity contribution in [2.75, 3.05) is 0 Å². The fourth-order valence-corrected chi connectivity index (χ4v) is 14.9. The highest BCUT2D eigenvalue weighted by atomic mass is 32.1. The zero-order chi connectivity index (χ0) is 29.8. The van der Waals surface area contributed by atoms with Crippen LogP contribution in [0.3, 0.4) is 0 Å². The summed E-state index contributed by atoms with van der Waals surface area (Å²) in [6.45, 7) is 21.5. The fourth-order valence-electron chi connectivity index (χ4n) is 6.14. The van der Waals surface area contributed by atoms with Gasteiger partial charge in [-0.1, -0.05) is 65.2 Å². The lowest BCUT2D eigenvalue weighted by Crippen LogP contribution is -2.58. The van der Waals surface area contributed by atoms with E-state index < -0.39 is 22.3 Å². The topological polar surface area (TPSA) is 62.7 Å². The quantitative estimate of drug-likeness (QED) is 0.219. The van der Waals surface area contributed by atoms with Crippen molar-refractivity contribution in [3.63, 3.8) is 0 Å². The minimum absolute atomic E-state index is 0.387. The first-order valence-electron chi connectivity index (χ1n) is 15.9. The standard InChI is InChI=1S/C30H50B2N2O4S2Si/c1-11-13-15-17-19-41(20-18-16-14-12-2)23-21(39-25(33-23)31-35-27(3,4)28(5,6)36-31)22-24(41)34-26(40-22)32-37-29(7,8)30(9,10)38-32/h11-20H2,1-10H3. The molecule has 5 heterocycles. The molecule has 2 fully saturated rings. The van der Waals surface area contributed by atoms with Gasteiger partial charge in [-0.2, -0.15) is 0 Å². The van der Waals surface area contributed by atoms with Gasteiger partial charge >= 0.3 is 14.2 Å². The van der Waals surface area contributed by atoms with Crippen molar-refractivity contribution in [2.45, 2.75) is 155 Å². The second kappa shape index (κ2) is 11.4. The average Bonchev–Trinajstić information content (AvgIpc) is 3.63. The lowest BCUT2D eigenvalue weighted by atomic mass is 9.90. The maximum atomic E-state index is 6.49. The third-order valence-electron chi connectivity index (χ3n) is 10.2. The van der Waals surface area contributed by atoms with Crippen LogP contribution in [0.4, 0.5) is 0 Å². The Kier molecular flexibility index (Phi) is 8.88. The van der Waals surface area contributed by atoms with Gasteiger partial charge in [0.2, 0.25) is 0 Å². The third kappa shape index (κ3) is 5.59. The summed E-state index contributed by atoms with van der Waals surface area (Å²) in [4.78, 5) is 15.4. The molecular weight excluding hydrogens is 566 g/mol. The minimum Gasteiger partial charge on any atom is -0.398 e. The molecule has 6 nitrogen and oxygen atoms in total. The van der Waals surface area contributed by atoms with Crippen LogP contribution in [-0.4, -0.2) is 54.7 Å². The second-order valence-electron chi connectivity index (χ2n) is 14.3. The first kappa shape index (κ1) is 31.9. The summed E-state index contributed by atoms with van der Waals surface area (Å²) >= 11 is 3.54. The third-order valence-corrected chi connectivity index (χ3v) is 17.9. The number of aromatic nitrogens is 2. The van der Waals surface area contributed by atoms with E-state index in [2.05, 4.69) is 69.2 Å². The number of thiazole rings is 2. The number of nitrogens with zero attached hydrogens (tertiary/aromatic N) is 2. The van der Waals surface area contributed by atoms with Crippen molar-refractivity contribution in [3.8, 4) is 9.75 Å². The Morgan fingerprint density at radius 1 is 0.561 bits per heavy atom. The smallest absolute Gasteiger partial charge is 0.398 e. The van der Waals surface area contributed by atoms with Gasteiger partial charge in [-0.25, -0.2) is 0 Å². The highest BCUT2D eigenvalue weighted by molar-refractivity contribution is 7.35. The van der Waals surface area contributed by atoms with E-state index in [1.807, 2.05) is 0 Å². The molecule has 0 bridgehead atoms. The largest absolute Gasteiger partial charge is 0.525 e. The van der Waals surface area contributed by atoms with Gasteiger partial charge in [0.25, 0.3) is 0 Å². The summed E-state index contributed by atoms with van der Waals surface area (Å²) in [5, 5.41) is 2.68. The number of unbranched alkanes of at least 4 members (excludes halogenated alkanes) is 6. The van der Waals surface area contributed by atoms with Gasteiger partial charge in [0.05, 0.1) is 42.8 Å². The molecular formula is C30H50B2N2O4S2Si. The van der Waals surface area contributed by atoms with Gasteiger partial charge in [0.1, 0.15) is 9.81 Å². The average molecular weight is 617 g/mol. The van der Waals surface area contributed by atoms with E-state index in [9.17, 15) is 0 Å². The molecule has 3 aliphatic rings. The van der Waals surface area contributed by atoms with Gasteiger partial charge in [-0.3, -0.25) is 9.97 Å². The van der Waals surface area contributed by atoms with Gasteiger partial charge < -0.3 is 18.6 Å². The number of rotatable bonds is 12. The summed E-state index contributed by atoms with van der Waals surface area (Å²) in [7, 11) is -3.06. The first-order valence-corrected chi connectivity index (χ1v) is 20.0. The lowest BCUT2D eigenvalue weighted by Gasteiger charge is -2.32. The molecule has 3 aliphatic heterocycles. The number of hydrogen-bond acceptors (Lipinski definition) is 8. The SMILES string of the molecule is CCCCCC[Si]1(CCCCCC)c2nc(B3OC(C)(C)C(C)(C)O3)sc2-c2sc(B3OC(C)(C)C(C)(C)O3)nc21. The van der Waals surface area contributed by atoms with Gasteiger partial charge in [0.15, 0.2) is 8.07 Å². The molecule has 11 heteroatoms. The predicted molar refractivity (Wildman–Crippen MR) is 178 cm³/mol. The monoisotopic (exact) mass is 616 g/mol. The highest BCUT2D eigenvalue weighted by Gasteiger charge is 2.58. The van der Waals surface area contributed by atoms with Crippen LogP contribution < -0.4 is 20.4 Å². The molecule has 0 atom stereocenters. The molecule has 0 N–H and O–H groups in total. The molecule has 0 aromatic carbocycles. The predicted octanol–water partition coefficient (Wildman–Crippen LogP) is 5.90. The van der Waals surface area contributed by atoms with Crippen molar-refractivity contribution >= 4 is 65.4 Å². The van der Waals surface area contributed by atoms with Crippen LogP contribution in [-0.2, 0) is 18.6 Å². The normalized spacial score (nSPS) is 22.9. The Bertz CT molecular complexity index is 1120. The van der Waals surface area contributed by atoms with E-state index in [0.29, 0.717) is 0 Å². The molecule has 0 unspecified atom stereocenters. The Labute approximate surface area is 258 Å². The second-order valence-corrected chi connectivity index (χ2v) is 20.5. The summed E-state index contributed by atoms with van der Waals surface area (Å²) < 4.78 is 26.0. The van der Waals surface area contributed by atoms with Crippen LogP contribution in [0.2, 0.25) is 12.1 Å². The molecule has 0 spiro atoms. The van der Waals surface area contributed by atoms with E-state index in [1.54, 1.807) is 22.7 Å². The minimum atomic E-state index is -2.20. The Balaban J connectivity index is 1.57. The molecule has 2 aromatic heterocycles. The first-order chi connectivity index (χ1) is 19.2. The molecule has 5 rings (SSSR count). The number of hydrogen-bond donors (Lipinski definition) is 0. The van der Waals surface area contributed by atoms with E-state index in [4.69, 9.17) is 28.6 Å².